The summed E-state index contributed by atoms with van der Waals surface area (Å²) in [5, 5.41) is 0. The van der Waals surface area contributed by atoms with Gasteiger partial charge in [-0.1, -0.05) is 19.3 Å². The van der Waals surface area contributed by atoms with Crippen molar-refractivity contribution in [3.05, 3.63) is 0 Å². The Hall–Kier alpha value is -0.0800. The van der Waals surface area contributed by atoms with Crippen LogP contribution in [0.1, 0.15) is 51.4 Å². The highest BCUT2D eigenvalue weighted by atomic mass is 15.1. The van der Waals surface area contributed by atoms with Crippen molar-refractivity contribution in [1.29, 1.82) is 0 Å². The SMILES string of the molecule is CN(CC1CCC(N)C1)C1CCCCC1. The first kappa shape index (κ1) is 11.4. The van der Waals surface area contributed by atoms with Crippen molar-refractivity contribution < 1.29 is 0 Å². The maximum atomic E-state index is 5.96. The van der Waals surface area contributed by atoms with Gasteiger partial charge in [0.15, 0.2) is 0 Å². The molecule has 0 amide bonds. The van der Waals surface area contributed by atoms with Crippen LogP contribution in [0.5, 0.6) is 0 Å². The van der Waals surface area contributed by atoms with E-state index in [1.807, 2.05) is 0 Å². The third-order valence-corrected chi connectivity index (χ3v) is 4.33. The van der Waals surface area contributed by atoms with Crippen molar-refractivity contribution in [2.45, 2.75) is 63.5 Å². The van der Waals surface area contributed by atoms with Crippen LogP contribution in [0.25, 0.3) is 0 Å². The van der Waals surface area contributed by atoms with Crippen LogP contribution < -0.4 is 5.73 Å². The summed E-state index contributed by atoms with van der Waals surface area (Å²) in [5.74, 6) is 0.881. The third kappa shape index (κ3) is 3.18. The van der Waals surface area contributed by atoms with Crippen molar-refractivity contribution >= 4 is 0 Å². The molecule has 2 fully saturated rings. The molecule has 0 saturated heterocycles. The second kappa shape index (κ2) is 5.31. The van der Waals surface area contributed by atoms with Crippen molar-refractivity contribution in [3.63, 3.8) is 0 Å². The van der Waals surface area contributed by atoms with E-state index in [1.54, 1.807) is 0 Å². The monoisotopic (exact) mass is 210 g/mol. The smallest absolute Gasteiger partial charge is 0.00923 e. The van der Waals surface area contributed by atoms with Crippen LogP contribution in [0, 0.1) is 5.92 Å². The average molecular weight is 210 g/mol. The van der Waals surface area contributed by atoms with Gasteiger partial charge < -0.3 is 10.6 Å². The molecule has 0 aromatic rings. The zero-order valence-electron chi connectivity index (χ0n) is 10.1. The molecule has 0 spiro atoms. The minimum atomic E-state index is 0.495. The van der Waals surface area contributed by atoms with E-state index < -0.39 is 0 Å². The Morgan fingerprint density at radius 2 is 1.80 bits per heavy atom. The maximum absolute atomic E-state index is 5.96. The summed E-state index contributed by atoms with van der Waals surface area (Å²) < 4.78 is 0. The van der Waals surface area contributed by atoms with Crippen LogP contribution in [-0.2, 0) is 0 Å². The molecule has 2 unspecified atom stereocenters. The second-order valence-corrected chi connectivity index (χ2v) is 5.67. The highest BCUT2D eigenvalue weighted by Crippen LogP contribution is 2.27. The Morgan fingerprint density at radius 1 is 1.07 bits per heavy atom. The van der Waals surface area contributed by atoms with E-state index in [0.29, 0.717) is 6.04 Å². The van der Waals surface area contributed by atoms with E-state index in [9.17, 15) is 0 Å². The fraction of sp³-hybridized carbons (Fsp3) is 1.00. The van der Waals surface area contributed by atoms with Gasteiger partial charge in [-0.3, -0.25) is 0 Å². The van der Waals surface area contributed by atoms with Gasteiger partial charge in [-0.25, -0.2) is 0 Å². The van der Waals surface area contributed by atoms with Crippen LogP contribution in [0.3, 0.4) is 0 Å². The lowest BCUT2D eigenvalue weighted by Gasteiger charge is -2.32. The third-order valence-electron chi connectivity index (χ3n) is 4.33. The molecule has 2 atom stereocenters. The van der Waals surface area contributed by atoms with Crippen molar-refractivity contribution in [1.82, 2.24) is 4.90 Å². The van der Waals surface area contributed by atoms with E-state index in [4.69, 9.17) is 5.73 Å². The standard InChI is InChI=1S/C13H26N2/c1-15(13-5-3-2-4-6-13)10-11-7-8-12(14)9-11/h11-13H,2-10,14H2,1H3. The molecule has 2 saturated carbocycles. The zero-order chi connectivity index (χ0) is 10.7. The summed E-state index contributed by atoms with van der Waals surface area (Å²) in [6.45, 7) is 1.29. The normalized spacial score (nSPS) is 33.8. The molecule has 0 aromatic heterocycles. The number of nitrogens with two attached hydrogens (primary N) is 1. The number of nitrogens with zero attached hydrogens (tertiary/aromatic N) is 1. The zero-order valence-corrected chi connectivity index (χ0v) is 10.1. The summed E-state index contributed by atoms with van der Waals surface area (Å²) in [5.41, 5.74) is 5.96. The second-order valence-electron chi connectivity index (χ2n) is 5.67. The molecule has 2 aliphatic rings. The highest BCUT2D eigenvalue weighted by Gasteiger charge is 2.25. The van der Waals surface area contributed by atoms with Crippen molar-refractivity contribution in [2.75, 3.05) is 13.6 Å². The first-order chi connectivity index (χ1) is 7.25. The molecule has 2 rings (SSSR count). The Labute approximate surface area is 94.2 Å². The maximum Gasteiger partial charge on any atom is 0.00923 e. The summed E-state index contributed by atoms with van der Waals surface area (Å²) in [4.78, 5) is 2.61. The van der Waals surface area contributed by atoms with Crippen LogP contribution in [-0.4, -0.2) is 30.6 Å². The molecule has 2 N–H and O–H groups in total. The number of rotatable bonds is 3. The fourth-order valence-corrected chi connectivity index (χ4v) is 3.36. The van der Waals surface area contributed by atoms with E-state index in [-0.39, 0.29) is 0 Å². The minimum absolute atomic E-state index is 0.495. The average Bonchev–Trinajstić information content (AvgIpc) is 2.65. The minimum Gasteiger partial charge on any atom is -0.328 e. The van der Waals surface area contributed by atoms with Crippen molar-refractivity contribution in [3.8, 4) is 0 Å². The van der Waals surface area contributed by atoms with Crippen LogP contribution >= 0.6 is 0 Å². The topological polar surface area (TPSA) is 29.3 Å². The molecular formula is C13H26N2. The van der Waals surface area contributed by atoms with Gasteiger partial charge in [0.25, 0.3) is 0 Å². The summed E-state index contributed by atoms with van der Waals surface area (Å²) in [7, 11) is 2.32. The van der Waals surface area contributed by atoms with E-state index >= 15 is 0 Å². The van der Waals surface area contributed by atoms with Gasteiger partial charge in [0.1, 0.15) is 0 Å². The van der Waals surface area contributed by atoms with Gasteiger partial charge in [-0.2, -0.15) is 0 Å². The van der Waals surface area contributed by atoms with Gasteiger partial charge in [-0.05, 0) is 45.1 Å². The Kier molecular flexibility index (Phi) is 4.04. The first-order valence-corrected chi connectivity index (χ1v) is 6.71. The molecule has 0 heterocycles. The Bertz CT molecular complexity index is 187. The quantitative estimate of drug-likeness (QED) is 0.775. The Morgan fingerprint density at radius 3 is 2.40 bits per heavy atom. The molecule has 88 valence electrons. The molecule has 15 heavy (non-hydrogen) atoms. The summed E-state index contributed by atoms with van der Waals surface area (Å²) in [6.07, 6.45) is 11.1. The lowest BCUT2D eigenvalue weighted by Crippen LogP contribution is -2.36. The van der Waals surface area contributed by atoms with Crippen LogP contribution in [0.4, 0.5) is 0 Å². The molecule has 2 nitrogen and oxygen atoms in total. The summed E-state index contributed by atoms with van der Waals surface area (Å²) in [6, 6.07) is 1.37. The Balaban J connectivity index is 1.73. The van der Waals surface area contributed by atoms with Gasteiger partial charge in [0, 0.05) is 18.6 Å². The van der Waals surface area contributed by atoms with E-state index in [0.717, 1.165) is 12.0 Å². The highest BCUT2D eigenvalue weighted by molar-refractivity contribution is 4.82. The predicted octanol–water partition coefficient (Wildman–Crippen LogP) is 2.38. The van der Waals surface area contributed by atoms with Gasteiger partial charge in [-0.15, -0.1) is 0 Å². The lowest BCUT2D eigenvalue weighted by molar-refractivity contribution is 0.166. The van der Waals surface area contributed by atoms with Crippen LogP contribution in [0.2, 0.25) is 0 Å². The van der Waals surface area contributed by atoms with Gasteiger partial charge >= 0.3 is 0 Å². The molecule has 2 aliphatic carbocycles. The number of hydrogen-bond donors (Lipinski definition) is 1. The van der Waals surface area contributed by atoms with Gasteiger partial charge in [0.2, 0.25) is 0 Å². The van der Waals surface area contributed by atoms with E-state index in [1.165, 1.54) is 57.9 Å². The number of hydrogen-bond acceptors (Lipinski definition) is 2. The molecular weight excluding hydrogens is 184 g/mol. The van der Waals surface area contributed by atoms with Gasteiger partial charge in [0.05, 0.1) is 0 Å². The van der Waals surface area contributed by atoms with E-state index in [2.05, 4.69) is 11.9 Å². The van der Waals surface area contributed by atoms with Crippen LogP contribution in [0.15, 0.2) is 0 Å². The largest absolute Gasteiger partial charge is 0.328 e. The molecule has 0 radical (unpaired) electrons. The fourth-order valence-electron chi connectivity index (χ4n) is 3.36. The molecule has 0 aromatic carbocycles. The molecule has 2 heteroatoms. The van der Waals surface area contributed by atoms with Crippen molar-refractivity contribution in [2.24, 2.45) is 11.7 Å². The predicted molar refractivity (Wildman–Crippen MR) is 64.8 cm³/mol. The molecule has 0 bridgehead atoms. The summed E-state index contributed by atoms with van der Waals surface area (Å²) >= 11 is 0. The lowest BCUT2D eigenvalue weighted by atomic mass is 9.93. The first-order valence-electron chi connectivity index (χ1n) is 6.71. The molecule has 0 aliphatic heterocycles.